The molecule has 2 aliphatic rings. The van der Waals surface area contributed by atoms with Gasteiger partial charge in [0.2, 0.25) is 5.91 Å². The third kappa shape index (κ3) is 7.01. The zero-order valence-corrected chi connectivity index (χ0v) is 20.0. The molecule has 1 aliphatic heterocycles. The number of rotatable bonds is 9. The van der Waals surface area contributed by atoms with E-state index in [4.69, 9.17) is 9.16 Å². The lowest BCUT2D eigenvalue weighted by Gasteiger charge is -2.37. The van der Waals surface area contributed by atoms with Crippen LogP contribution in [0.3, 0.4) is 0 Å². The average molecular weight is 428 g/mol. The van der Waals surface area contributed by atoms with E-state index in [2.05, 4.69) is 33.9 Å². The largest absolute Gasteiger partial charge is 0.410 e. The van der Waals surface area contributed by atoms with Gasteiger partial charge in [0.25, 0.3) is 0 Å². The van der Waals surface area contributed by atoms with E-state index < -0.39 is 8.32 Å². The molecule has 0 bridgehead atoms. The molecular formula is C21H37NO4SSi. The van der Waals surface area contributed by atoms with E-state index in [1.165, 1.54) is 0 Å². The van der Waals surface area contributed by atoms with Crippen LogP contribution in [0.4, 0.5) is 0 Å². The van der Waals surface area contributed by atoms with Crippen LogP contribution in [0.25, 0.3) is 0 Å². The smallest absolute Gasteiger partial charge is 0.222 e. The van der Waals surface area contributed by atoms with Crippen LogP contribution in [-0.4, -0.2) is 63.1 Å². The van der Waals surface area contributed by atoms with Crippen LogP contribution in [0.5, 0.6) is 0 Å². The van der Waals surface area contributed by atoms with E-state index in [1.807, 2.05) is 11.0 Å². The Morgan fingerprint density at radius 3 is 2.57 bits per heavy atom. The van der Waals surface area contributed by atoms with Gasteiger partial charge in [-0.05, 0) is 42.8 Å². The molecule has 1 amide bonds. The monoisotopic (exact) mass is 427 g/mol. The minimum atomic E-state index is -1.85. The molecular weight excluding hydrogens is 390 g/mol. The number of unbranched alkanes of at least 4 members (excludes halogenated alkanes) is 2. The molecule has 0 saturated carbocycles. The fourth-order valence-electron chi connectivity index (χ4n) is 3.07. The van der Waals surface area contributed by atoms with Crippen molar-refractivity contribution in [1.82, 2.24) is 4.90 Å². The molecule has 0 aromatic heterocycles. The summed E-state index contributed by atoms with van der Waals surface area (Å²) in [6.07, 6.45) is 6.06. The molecule has 0 N–H and O–H groups in total. The minimum Gasteiger partial charge on any atom is -0.410 e. The van der Waals surface area contributed by atoms with Crippen LogP contribution in [0.2, 0.25) is 18.1 Å². The molecule has 1 aliphatic carbocycles. The zero-order valence-electron chi connectivity index (χ0n) is 18.2. The molecule has 7 heteroatoms. The number of morpholine rings is 1. The fourth-order valence-corrected chi connectivity index (χ4v) is 5.39. The summed E-state index contributed by atoms with van der Waals surface area (Å²) in [5.74, 6) is 1.39. The molecule has 0 aromatic carbocycles. The van der Waals surface area contributed by atoms with Crippen LogP contribution in [-0.2, 0) is 18.8 Å². The normalized spacial score (nSPS) is 21.2. The number of amides is 1. The zero-order chi connectivity index (χ0) is 20.8. The van der Waals surface area contributed by atoms with E-state index in [0.717, 1.165) is 43.0 Å². The van der Waals surface area contributed by atoms with E-state index in [0.29, 0.717) is 26.1 Å². The maximum absolute atomic E-state index is 12.3. The van der Waals surface area contributed by atoms with Gasteiger partial charge in [0.05, 0.1) is 19.3 Å². The van der Waals surface area contributed by atoms with Gasteiger partial charge in [0.1, 0.15) is 0 Å². The Bertz CT molecular complexity index is 579. The molecule has 0 spiro atoms. The van der Waals surface area contributed by atoms with Gasteiger partial charge in [-0.15, -0.1) is 11.8 Å². The summed E-state index contributed by atoms with van der Waals surface area (Å²) in [5, 5.41) is 0.151. The van der Waals surface area contributed by atoms with Crippen LogP contribution in [0, 0.1) is 0 Å². The van der Waals surface area contributed by atoms with Gasteiger partial charge < -0.3 is 14.1 Å². The number of thioether (sulfide) groups is 1. The predicted molar refractivity (Wildman–Crippen MR) is 118 cm³/mol. The SMILES string of the molecule is CC(C)(C)[Si](C)(C)OC1C=C(SCCCCCC(=O)N2CCOCC2)C(=O)C1. The van der Waals surface area contributed by atoms with E-state index in [1.54, 1.807) is 11.8 Å². The number of carbonyl (C=O) groups is 2. The topological polar surface area (TPSA) is 55.8 Å². The number of carbonyl (C=O) groups excluding carboxylic acids is 2. The van der Waals surface area contributed by atoms with Gasteiger partial charge in [-0.1, -0.05) is 27.2 Å². The molecule has 5 nitrogen and oxygen atoms in total. The highest BCUT2D eigenvalue weighted by Crippen LogP contribution is 2.39. The minimum absolute atomic E-state index is 0.0537. The summed E-state index contributed by atoms with van der Waals surface area (Å²) in [4.78, 5) is 27.2. The number of nitrogens with zero attached hydrogens (tertiary/aromatic N) is 1. The Hall–Kier alpha value is -0.633. The van der Waals surface area contributed by atoms with Crippen molar-refractivity contribution < 1.29 is 18.8 Å². The summed E-state index contributed by atoms with van der Waals surface area (Å²) in [6, 6.07) is 0. The maximum Gasteiger partial charge on any atom is 0.222 e. The molecule has 1 unspecified atom stereocenters. The van der Waals surface area contributed by atoms with Gasteiger partial charge in [0.15, 0.2) is 14.1 Å². The van der Waals surface area contributed by atoms with Gasteiger partial charge in [-0.25, -0.2) is 0 Å². The summed E-state index contributed by atoms with van der Waals surface area (Å²) in [6.45, 7) is 13.9. The third-order valence-corrected chi connectivity index (χ3v) is 11.6. The lowest BCUT2D eigenvalue weighted by atomic mass is 10.2. The Morgan fingerprint density at radius 2 is 1.93 bits per heavy atom. The quantitative estimate of drug-likeness (QED) is 0.403. The summed E-state index contributed by atoms with van der Waals surface area (Å²) in [7, 11) is -1.85. The maximum atomic E-state index is 12.3. The first-order valence-electron chi connectivity index (χ1n) is 10.5. The number of allylic oxidation sites excluding steroid dienone is 1. The lowest BCUT2D eigenvalue weighted by molar-refractivity contribution is -0.135. The van der Waals surface area contributed by atoms with E-state index in [9.17, 15) is 9.59 Å². The average Bonchev–Trinajstić information content (AvgIpc) is 2.96. The Morgan fingerprint density at radius 1 is 1.25 bits per heavy atom. The first-order chi connectivity index (χ1) is 13.1. The van der Waals surface area contributed by atoms with Gasteiger partial charge in [-0.3, -0.25) is 9.59 Å². The Balaban J connectivity index is 1.64. The van der Waals surface area contributed by atoms with E-state index >= 15 is 0 Å². The first kappa shape index (κ1) is 23.6. The van der Waals surface area contributed by atoms with Crippen molar-refractivity contribution in [1.29, 1.82) is 0 Å². The van der Waals surface area contributed by atoms with Gasteiger partial charge in [0, 0.05) is 30.8 Å². The second kappa shape index (κ2) is 10.4. The summed E-state index contributed by atoms with van der Waals surface area (Å²) >= 11 is 1.65. The number of hydrogen-bond acceptors (Lipinski definition) is 5. The van der Waals surface area contributed by atoms with Crippen molar-refractivity contribution in [3.05, 3.63) is 11.0 Å². The number of hydrogen-bond donors (Lipinski definition) is 0. The van der Waals surface area contributed by atoms with Crippen molar-refractivity contribution >= 4 is 31.8 Å². The highest BCUT2D eigenvalue weighted by Gasteiger charge is 2.40. The molecule has 1 saturated heterocycles. The molecule has 160 valence electrons. The van der Waals surface area contributed by atoms with Gasteiger partial charge >= 0.3 is 0 Å². The van der Waals surface area contributed by atoms with Crippen LogP contribution < -0.4 is 0 Å². The second-order valence-electron chi connectivity index (χ2n) is 9.23. The molecule has 1 atom stereocenters. The predicted octanol–water partition coefficient (Wildman–Crippen LogP) is 4.39. The number of Topliss-reactive ketones (excluding diaryl/α,β-unsaturated/α-hetero) is 1. The standard InChI is InChI=1S/C21H37NO4SSi/c1-21(2,3)28(4,5)26-17-15-18(23)19(16-17)27-14-8-6-7-9-20(24)22-10-12-25-13-11-22/h16-17H,6-15H2,1-5H3. The van der Waals surface area contributed by atoms with Gasteiger partial charge in [-0.2, -0.15) is 0 Å². The van der Waals surface area contributed by atoms with Crippen molar-refractivity contribution in [3.63, 3.8) is 0 Å². The highest BCUT2D eigenvalue weighted by molar-refractivity contribution is 8.04. The summed E-state index contributed by atoms with van der Waals surface area (Å²) < 4.78 is 11.6. The molecule has 1 fully saturated rings. The van der Waals surface area contributed by atoms with Crippen LogP contribution in [0.1, 0.15) is 52.9 Å². The third-order valence-electron chi connectivity index (χ3n) is 5.91. The van der Waals surface area contributed by atoms with Crippen molar-refractivity contribution in [2.45, 2.75) is 77.1 Å². The Labute approximate surface area is 175 Å². The van der Waals surface area contributed by atoms with E-state index in [-0.39, 0.29) is 22.8 Å². The molecule has 0 radical (unpaired) electrons. The number of ether oxygens (including phenoxy) is 1. The second-order valence-corrected chi connectivity index (χ2v) is 15.1. The number of ketones is 1. The molecule has 1 heterocycles. The fraction of sp³-hybridized carbons (Fsp3) is 0.810. The van der Waals surface area contributed by atoms with Crippen molar-refractivity contribution in [3.8, 4) is 0 Å². The van der Waals surface area contributed by atoms with Crippen molar-refractivity contribution in [2.24, 2.45) is 0 Å². The lowest BCUT2D eigenvalue weighted by Crippen LogP contribution is -2.43. The molecule has 2 rings (SSSR count). The Kier molecular flexibility index (Phi) is 8.79. The summed E-state index contributed by atoms with van der Waals surface area (Å²) in [5.41, 5.74) is 0. The first-order valence-corrected chi connectivity index (χ1v) is 14.4. The van der Waals surface area contributed by atoms with Crippen LogP contribution >= 0.6 is 11.8 Å². The highest BCUT2D eigenvalue weighted by atomic mass is 32.2. The molecule has 28 heavy (non-hydrogen) atoms. The van der Waals surface area contributed by atoms with Crippen molar-refractivity contribution in [2.75, 3.05) is 32.1 Å². The molecule has 0 aromatic rings. The van der Waals surface area contributed by atoms with Crippen LogP contribution in [0.15, 0.2) is 11.0 Å².